The quantitative estimate of drug-likeness (QED) is 0.330. The third kappa shape index (κ3) is 6.10. The summed E-state index contributed by atoms with van der Waals surface area (Å²) in [5.74, 6) is 2.60. The number of rotatable bonds is 8. The number of carbonyl (C=O) groups excluding carboxylic acids is 1. The summed E-state index contributed by atoms with van der Waals surface area (Å²) < 4.78 is 10.2. The number of esters is 1. The van der Waals surface area contributed by atoms with Crippen molar-refractivity contribution < 1.29 is 14.3 Å². The highest BCUT2D eigenvalue weighted by molar-refractivity contribution is 7.13. The predicted octanol–water partition coefficient (Wildman–Crippen LogP) is 3.36. The van der Waals surface area contributed by atoms with Crippen LogP contribution in [0.4, 0.5) is 5.13 Å². The molecule has 25 heavy (non-hydrogen) atoms. The van der Waals surface area contributed by atoms with Gasteiger partial charge in [-0.25, -0.2) is 4.98 Å². The minimum Gasteiger partial charge on any atom is -0.479 e. The van der Waals surface area contributed by atoms with Crippen LogP contribution in [0.2, 0.25) is 5.02 Å². The van der Waals surface area contributed by atoms with Gasteiger partial charge in [-0.3, -0.25) is 10.2 Å². The van der Waals surface area contributed by atoms with E-state index in [0.717, 1.165) is 5.56 Å². The van der Waals surface area contributed by atoms with E-state index < -0.39 is 0 Å². The van der Waals surface area contributed by atoms with Crippen molar-refractivity contribution in [3.05, 3.63) is 39.9 Å². The molecule has 0 saturated heterocycles. The van der Waals surface area contributed by atoms with Gasteiger partial charge in [0.05, 0.1) is 30.0 Å². The Morgan fingerprint density at radius 2 is 2.40 bits per heavy atom. The molecular weight excluding hydrogens is 362 g/mol. The Hall–Kier alpha value is -2.56. The van der Waals surface area contributed by atoms with Gasteiger partial charge in [-0.1, -0.05) is 17.5 Å². The third-order valence-corrected chi connectivity index (χ3v) is 3.91. The topological polar surface area (TPSA) is 72.8 Å². The summed E-state index contributed by atoms with van der Waals surface area (Å²) in [7, 11) is 0. The number of benzene rings is 1. The van der Waals surface area contributed by atoms with Crippen molar-refractivity contribution in [2.45, 2.75) is 13.3 Å². The molecule has 0 spiro atoms. The lowest BCUT2D eigenvalue weighted by Crippen LogP contribution is -2.07. The Balaban J connectivity index is 1.91. The van der Waals surface area contributed by atoms with Crippen LogP contribution in [0.15, 0.2) is 28.7 Å². The molecule has 0 unspecified atom stereocenters. The highest BCUT2D eigenvalue weighted by Crippen LogP contribution is 2.24. The third-order valence-electron chi connectivity index (χ3n) is 2.82. The number of hydrogen-bond donors (Lipinski definition) is 1. The van der Waals surface area contributed by atoms with E-state index >= 15 is 0 Å². The molecule has 1 heterocycles. The van der Waals surface area contributed by atoms with Crippen LogP contribution in [0.25, 0.3) is 0 Å². The van der Waals surface area contributed by atoms with Gasteiger partial charge in [-0.2, -0.15) is 5.10 Å². The summed E-state index contributed by atoms with van der Waals surface area (Å²) in [5.41, 5.74) is 4.24. The zero-order chi connectivity index (χ0) is 18.1. The van der Waals surface area contributed by atoms with Gasteiger partial charge in [-0.15, -0.1) is 17.8 Å². The molecule has 1 aromatic carbocycles. The number of anilines is 1. The van der Waals surface area contributed by atoms with E-state index in [1.54, 1.807) is 36.7 Å². The van der Waals surface area contributed by atoms with Gasteiger partial charge in [0.15, 0.2) is 0 Å². The van der Waals surface area contributed by atoms with Crippen molar-refractivity contribution in [1.82, 2.24) is 4.98 Å². The molecule has 0 fully saturated rings. The molecule has 0 radical (unpaired) electrons. The van der Waals surface area contributed by atoms with Crippen LogP contribution in [0.5, 0.6) is 5.75 Å². The molecule has 130 valence electrons. The zero-order valence-corrected chi connectivity index (χ0v) is 15.1. The van der Waals surface area contributed by atoms with E-state index in [0.29, 0.717) is 28.2 Å². The molecule has 0 amide bonds. The van der Waals surface area contributed by atoms with Gasteiger partial charge < -0.3 is 9.47 Å². The van der Waals surface area contributed by atoms with Crippen molar-refractivity contribution >= 4 is 40.3 Å². The molecule has 2 aromatic rings. The molecule has 8 heteroatoms. The second-order valence-corrected chi connectivity index (χ2v) is 5.94. The van der Waals surface area contributed by atoms with Gasteiger partial charge in [-0.05, 0) is 30.7 Å². The van der Waals surface area contributed by atoms with Crippen LogP contribution in [0.1, 0.15) is 18.2 Å². The SMILES string of the molecule is C#CCOc1ccc(C=NNc2nc(CC(=O)OCC)cs2)cc1Cl. The fraction of sp³-hybridized carbons (Fsp3) is 0.235. The molecular formula is C17H16ClN3O3S. The summed E-state index contributed by atoms with van der Waals surface area (Å²) in [4.78, 5) is 15.7. The summed E-state index contributed by atoms with van der Waals surface area (Å²) in [6.45, 7) is 2.28. The molecule has 1 N–H and O–H groups in total. The minimum absolute atomic E-state index is 0.143. The largest absolute Gasteiger partial charge is 0.479 e. The van der Waals surface area contributed by atoms with Crippen molar-refractivity contribution in [2.75, 3.05) is 18.6 Å². The normalized spacial score (nSPS) is 10.4. The lowest BCUT2D eigenvalue weighted by Gasteiger charge is -2.05. The van der Waals surface area contributed by atoms with E-state index in [2.05, 4.69) is 21.4 Å². The van der Waals surface area contributed by atoms with Crippen molar-refractivity contribution in [1.29, 1.82) is 0 Å². The molecule has 0 saturated carbocycles. The Morgan fingerprint density at radius 1 is 1.56 bits per heavy atom. The van der Waals surface area contributed by atoms with Crippen LogP contribution in [0.3, 0.4) is 0 Å². The fourth-order valence-corrected chi connectivity index (χ4v) is 2.70. The molecule has 2 rings (SSSR count). The Morgan fingerprint density at radius 3 is 3.12 bits per heavy atom. The molecule has 0 aliphatic carbocycles. The first-order chi connectivity index (χ1) is 12.1. The van der Waals surface area contributed by atoms with Crippen LogP contribution in [-0.4, -0.2) is 30.4 Å². The molecule has 6 nitrogen and oxygen atoms in total. The predicted molar refractivity (Wildman–Crippen MR) is 99.4 cm³/mol. The van der Waals surface area contributed by atoms with Crippen LogP contribution < -0.4 is 10.2 Å². The highest BCUT2D eigenvalue weighted by atomic mass is 35.5. The summed E-state index contributed by atoms with van der Waals surface area (Å²) in [6.07, 6.45) is 6.89. The Bertz CT molecular complexity index is 799. The standard InChI is InChI=1S/C17H16ClN3O3S/c1-3-7-24-15-6-5-12(8-14(15)18)10-19-21-17-20-13(11-25-17)9-16(22)23-4-2/h1,5-6,8,10-11H,4,7,9H2,2H3,(H,20,21). The van der Waals surface area contributed by atoms with Gasteiger partial charge in [0.1, 0.15) is 12.4 Å². The Labute approximate surface area is 154 Å². The number of thiazole rings is 1. The fourth-order valence-electron chi connectivity index (χ4n) is 1.80. The van der Waals surface area contributed by atoms with Gasteiger partial charge in [0, 0.05) is 5.38 Å². The maximum absolute atomic E-state index is 11.4. The second kappa shape index (κ2) is 9.67. The monoisotopic (exact) mass is 377 g/mol. The van der Waals surface area contributed by atoms with Gasteiger partial charge in [0.25, 0.3) is 0 Å². The van der Waals surface area contributed by atoms with Gasteiger partial charge in [0.2, 0.25) is 5.13 Å². The first kappa shape index (κ1) is 18.8. The van der Waals surface area contributed by atoms with Crippen LogP contribution >= 0.6 is 22.9 Å². The van der Waals surface area contributed by atoms with Crippen LogP contribution in [0, 0.1) is 12.3 Å². The summed E-state index contributed by atoms with van der Waals surface area (Å²) >= 11 is 7.46. The minimum atomic E-state index is -0.301. The number of nitrogens with zero attached hydrogens (tertiary/aromatic N) is 2. The second-order valence-electron chi connectivity index (χ2n) is 4.68. The van der Waals surface area contributed by atoms with Crippen LogP contribution in [-0.2, 0) is 16.0 Å². The number of terminal acetylenes is 1. The molecule has 0 bridgehead atoms. The molecule has 1 aromatic heterocycles. The first-order valence-electron chi connectivity index (χ1n) is 7.37. The van der Waals surface area contributed by atoms with E-state index in [1.165, 1.54) is 11.3 Å². The summed E-state index contributed by atoms with van der Waals surface area (Å²) in [6, 6.07) is 5.24. The van der Waals surface area contributed by atoms with Crippen molar-refractivity contribution in [3.63, 3.8) is 0 Å². The van der Waals surface area contributed by atoms with E-state index in [9.17, 15) is 4.79 Å². The average molecular weight is 378 g/mol. The molecule has 0 atom stereocenters. The number of hydrogen-bond acceptors (Lipinski definition) is 7. The number of nitrogens with one attached hydrogen (secondary N) is 1. The van der Waals surface area contributed by atoms with E-state index in [1.807, 2.05) is 0 Å². The number of aromatic nitrogens is 1. The maximum Gasteiger partial charge on any atom is 0.311 e. The summed E-state index contributed by atoms with van der Waals surface area (Å²) in [5, 5.41) is 6.91. The maximum atomic E-state index is 11.4. The Kier molecular flexibility index (Phi) is 7.26. The van der Waals surface area contributed by atoms with E-state index in [-0.39, 0.29) is 19.0 Å². The highest BCUT2D eigenvalue weighted by Gasteiger charge is 2.08. The lowest BCUT2D eigenvalue weighted by molar-refractivity contribution is -0.142. The number of hydrazone groups is 1. The number of ether oxygens (including phenoxy) is 2. The molecule has 0 aliphatic rings. The smallest absolute Gasteiger partial charge is 0.311 e. The number of halogens is 1. The first-order valence-corrected chi connectivity index (χ1v) is 8.63. The molecule has 0 aliphatic heterocycles. The lowest BCUT2D eigenvalue weighted by atomic mass is 10.2. The van der Waals surface area contributed by atoms with Crippen molar-refractivity contribution in [3.8, 4) is 18.1 Å². The number of carbonyl (C=O) groups is 1. The van der Waals surface area contributed by atoms with E-state index in [4.69, 9.17) is 27.5 Å². The zero-order valence-electron chi connectivity index (χ0n) is 13.5. The van der Waals surface area contributed by atoms with Gasteiger partial charge >= 0.3 is 5.97 Å². The van der Waals surface area contributed by atoms with Crippen molar-refractivity contribution in [2.24, 2.45) is 5.10 Å². The average Bonchev–Trinajstić information content (AvgIpc) is 3.01.